The fourth-order valence-corrected chi connectivity index (χ4v) is 2.37. The van der Waals surface area contributed by atoms with Crippen LogP contribution in [0.1, 0.15) is 31.2 Å². The lowest BCUT2D eigenvalue weighted by Gasteiger charge is -1.99. The Kier molecular flexibility index (Phi) is 5.24. The zero-order chi connectivity index (χ0) is 13.5. The van der Waals surface area contributed by atoms with Crippen molar-refractivity contribution < 1.29 is 4.58 Å². The smallest absolute Gasteiger partial charge is 0.223 e. The van der Waals surface area contributed by atoms with Gasteiger partial charge < -0.3 is 0 Å². The van der Waals surface area contributed by atoms with Gasteiger partial charge in [0, 0.05) is 29.3 Å². The maximum atomic E-state index is 5.87. The van der Waals surface area contributed by atoms with Gasteiger partial charge in [0.15, 0.2) is 6.54 Å². The Morgan fingerprint density at radius 1 is 1.16 bits per heavy atom. The van der Waals surface area contributed by atoms with Crippen LogP contribution in [0, 0.1) is 11.8 Å². The standard InChI is InChI=1S/C17H19ClN/c1-2-13-19-14-5-3-4-6-17(19)12-9-15-7-10-16(18)11-8-15/h2,7-8,10-11H,1,3-6,13-14H2/q+1. The monoisotopic (exact) mass is 272 g/mol. The largest absolute Gasteiger partial charge is 0.227 e. The third kappa shape index (κ3) is 4.26. The van der Waals surface area contributed by atoms with E-state index in [0.29, 0.717) is 0 Å². The Labute approximate surface area is 120 Å². The van der Waals surface area contributed by atoms with Crippen LogP contribution in [0.3, 0.4) is 0 Å². The van der Waals surface area contributed by atoms with Crippen LogP contribution in [0.5, 0.6) is 0 Å². The summed E-state index contributed by atoms with van der Waals surface area (Å²) in [6.07, 6.45) is 6.81. The Morgan fingerprint density at radius 2 is 1.95 bits per heavy atom. The Bertz CT molecular complexity index is 529. The highest BCUT2D eigenvalue weighted by Gasteiger charge is 2.14. The summed E-state index contributed by atoms with van der Waals surface area (Å²) < 4.78 is 2.35. The number of halogens is 1. The van der Waals surface area contributed by atoms with Gasteiger partial charge in [-0.25, -0.2) is 4.58 Å². The Hall–Kier alpha value is -1.52. The molecule has 1 aromatic rings. The van der Waals surface area contributed by atoms with Crippen molar-refractivity contribution in [3.8, 4) is 11.8 Å². The van der Waals surface area contributed by atoms with Crippen LogP contribution in [0.15, 0.2) is 36.9 Å². The van der Waals surface area contributed by atoms with Gasteiger partial charge in [0.2, 0.25) is 5.71 Å². The van der Waals surface area contributed by atoms with E-state index in [4.69, 9.17) is 11.6 Å². The van der Waals surface area contributed by atoms with E-state index in [9.17, 15) is 0 Å². The lowest BCUT2D eigenvalue weighted by molar-refractivity contribution is -0.517. The van der Waals surface area contributed by atoms with Crippen LogP contribution in [0.25, 0.3) is 0 Å². The fraction of sp³-hybridized carbons (Fsp3) is 0.353. The highest BCUT2D eigenvalue weighted by atomic mass is 35.5. The molecule has 0 bridgehead atoms. The molecule has 0 fully saturated rings. The van der Waals surface area contributed by atoms with Crippen LogP contribution in [0.2, 0.25) is 5.02 Å². The molecule has 0 atom stereocenters. The number of rotatable bonds is 2. The van der Waals surface area contributed by atoms with Crippen LogP contribution >= 0.6 is 11.6 Å². The summed E-state index contributed by atoms with van der Waals surface area (Å²) in [7, 11) is 0. The topological polar surface area (TPSA) is 3.01 Å². The summed E-state index contributed by atoms with van der Waals surface area (Å²) in [5.41, 5.74) is 2.26. The van der Waals surface area contributed by atoms with Gasteiger partial charge >= 0.3 is 0 Å². The van der Waals surface area contributed by atoms with Crippen LogP contribution < -0.4 is 0 Å². The third-order valence-corrected chi connectivity index (χ3v) is 3.52. The van der Waals surface area contributed by atoms with Gasteiger partial charge in [-0.1, -0.05) is 24.1 Å². The fourth-order valence-electron chi connectivity index (χ4n) is 2.24. The maximum absolute atomic E-state index is 5.87. The van der Waals surface area contributed by atoms with Gasteiger partial charge in [-0.3, -0.25) is 0 Å². The normalized spacial score (nSPS) is 15.4. The zero-order valence-corrected chi connectivity index (χ0v) is 11.9. The molecule has 0 unspecified atom stereocenters. The van der Waals surface area contributed by atoms with Crippen molar-refractivity contribution in [2.45, 2.75) is 25.7 Å². The van der Waals surface area contributed by atoms with E-state index in [0.717, 1.165) is 30.1 Å². The van der Waals surface area contributed by atoms with E-state index in [1.54, 1.807) is 0 Å². The summed E-state index contributed by atoms with van der Waals surface area (Å²) >= 11 is 5.87. The van der Waals surface area contributed by atoms with E-state index in [-0.39, 0.29) is 0 Å². The summed E-state index contributed by atoms with van der Waals surface area (Å²) in [5.74, 6) is 6.57. The van der Waals surface area contributed by atoms with Crippen molar-refractivity contribution in [3.05, 3.63) is 47.5 Å². The molecule has 1 aliphatic heterocycles. The maximum Gasteiger partial charge on any atom is 0.227 e. The van der Waals surface area contributed by atoms with Gasteiger partial charge in [0.25, 0.3) is 0 Å². The van der Waals surface area contributed by atoms with Crippen molar-refractivity contribution in [3.63, 3.8) is 0 Å². The number of nitrogens with zero attached hydrogens (tertiary/aromatic N) is 1. The van der Waals surface area contributed by atoms with Gasteiger partial charge in [-0.15, -0.1) is 0 Å². The van der Waals surface area contributed by atoms with Gasteiger partial charge in [0.05, 0.1) is 0 Å². The first-order chi connectivity index (χ1) is 9.29. The minimum atomic E-state index is 0.751. The molecule has 1 aromatic carbocycles. The lowest BCUT2D eigenvalue weighted by atomic mass is 10.1. The molecule has 19 heavy (non-hydrogen) atoms. The molecular formula is C17H19ClN+. The molecule has 1 nitrogen and oxygen atoms in total. The second kappa shape index (κ2) is 7.16. The van der Waals surface area contributed by atoms with Crippen molar-refractivity contribution in [1.29, 1.82) is 0 Å². The molecule has 1 heterocycles. The highest BCUT2D eigenvalue weighted by molar-refractivity contribution is 6.30. The van der Waals surface area contributed by atoms with Crippen molar-refractivity contribution >= 4 is 17.3 Å². The minimum absolute atomic E-state index is 0.751. The molecule has 0 aromatic heterocycles. The van der Waals surface area contributed by atoms with E-state index < -0.39 is 0 Å². The summed E-state index contributed by atoms with van der Waals surface area (Å²) in [6.45, 7) is 5.82. The zero-order valence-electron chi connectivity index (χ0n) is 11.2. The predicted octanol–water partition coefficient (Wildman–Crippen LogP) is 3.91. The van der Waals surface area contributed by atoms with Crippen molar-refractivity contribution in [2.75, 3.05) is 13.1 Å². The highest BCUT2D eigenvalue weighted by Crippen LogP contribution is 2.10. The molecule has 0 saturated heterocycles. The lowest BCUT2D eigenvalue weighted by Crippen LogP contribution is -2.20. The molecule has 98 valence electrons. The second-order valence-corrected chi connectivity index (χ2v) is 5.19. The predicted molar refractivity (Wildman–Crippen MR) is 82.0 cm³/mol. The van der Waals surface area contributed by atoms with Crippen LogP contribution in [0.4, 0.5) is 0 Å². The SMILES string of the molecule is C=CC[N+]1=C(C#Cc2ccc(Cl)cc2)CCCCC1. The summed E-state index contributed by atoms with van der Waals surface area (Å²) in [4.78, 5) is 0. The van der Waals surface area contributed by atoms with E-state index in [1.165, 1.54) is 25.0 Å². The average molecular weight is 273 g/mol. The van der Waals surface area contributed by atoms with Crippen molar-refractivity contribution in [1.82, 2.24) is 0 Å². The second-order valence-electron chi connectivity index (χ2n) is 4.75. The number of benzene rings is 1. The quantitative estimate of drug-likeness (QED) is 0.436. The first-order valence-corrected chi connectivity index (χ1v) is 7.16. The molecule has 0 aliphatic carbocycles. The molecule has 2 heteroatoms. The molecule has 0 N–H and O–H groups in total. The van der Waals surface area contributed by atoms with Gasteiger partial charge in [-0.2, -0.15) is 0 Å². The molecule has 0 saturated carbocycles. The summed E-state index contributed by atoms with van der Waals surface area (Å²) in [6, 6.07) is 7.69. The number of hydrogen-bond donors (Lipinski definition) is 0. The van der Waals surface area contributed by atoms with E-state index >= 15 is 0 Å². The van der Waals surface area contributed by atoms with Crippen LogP contribution in [-0.2, 0) is 0 Å². The van der Waals surface area contributed by atoms with E-state index in [2.05, 4.69) is 23.0 Å². The van der Waals surface area contributed by atoms with Gasteiger partial charge in [-0.05, 0) is 43.2 Å². The molecule has 0 spiro atoms. The molecular weight excluding hydrogens is 254 g/mol. The first kappa shape index (κ1) is 13.9. The Morgan fingerprint density at radius 3 is 2.68 bits per heavy atom. The molecule has 0 amide bonds. The molecule has 1 aliphatic rings. The molecule has 2 rings (SSSR count). The minimum Gasteiger partial charge on any atom is -0.223 e. The first-order valence-electron chi connectivity index (χ1n) is 6.79. The summed E-state index contributed by atoms with van der Waals surface area (Å²) in [5, 5.41) is 0.751. The number of hydrogen-bond acceptors (Lipinski definition) is 0. The van der Waals surface area contributed by atoms with Crippen molar-refractivity contribution in [2.24, 2.45) is 0 Å². The third-order valence-electron chi connectivity index (χ3n) is 3.27. The average Bonchev–Trinajstić information content (AvgIpc) is 2.64. The molecule has 0 radical (unpaired) electrons. The Balaban J connectivity index is 2.22. The van der Waals surface area contributed by atoms with Crippen LogP contribution in [-0.4, -0.2) is 23.4 Å². The van der Waals surface area contributed by atoms with E-state index in [1.807, 2.05) is 30.3 Å². The van der Waals surface area contributed by atoms with Gasteiger partial charge in [0.1, 0.15) is 6.54 Å².